The minimum atomic E-state index is -0.0861. The first-order chi connectivity index (χ1) is 10.2. The summed E-state index contributed by atoms with van der Waals surface area (Å²) in [5, 5.41) is 10.2. The third-order valence-corrected chi connectivity index (χ3v) is 3.23. The number of carbonyl (C=O) groups excluding carboxylic acids is 1. The molecule has 0 aliphatic rings. The van der Waals surface area contributed by atoms with Crippen LogP contribution in [0.3, 0.4) is 0 Å². The Morgan fingerprint density at radius 3 is 2.61 bits per heavy atom. The van der Waals surface area contributed by atoms with Gasteiger partial charge in [-0.15, -0.1) is 24.8 Å². The summed E-state index contributed by atoms with van der Waals surface area (Å²) in [5.74, 6) is 0.485. The Morgan fingerprint density at radius 1 is 1.26 bits per heavy atom. The lowest BCUT2D eigenvalue weighted by Crippen LogP contribution is -2.28. The molecule has 128 valence electrons. The van der Waals surface area contributed by atoms with Gasteiger partial charge in [0.05, 0.1) is 0 Å². The quantitative estimate of drug-likeness (QED) is 0.794. The highest BCUT2D eigenvalue weighted by atomic mass is 35.5. The average Bonchev–Trinajstić information content (AvgIpc) is 2.94. The van der Waals surface area contributed by atoms with Crippen molar-refractivity contribution in [3.8, 4) is 0 Å². The normalized spacial score (nSPS) is 11.0. The predicted octanol–water partition coefficient (Wildman–Crippen LogP) is 2.16. The summed E-state index contributed by atoms with van der Waals surface area (Å²) in [6.07, 6.45) is 6.33. The highest BCUT2D eigenvalue weighted by Crippen LogP contribution is 2.07. The fourth-order valence-electron chi connectivity index (χ4n) is 1.99. The van der Waals surface area contributed by atoms with Crippen LogP contribution in [0.1, 0.15) is 12.5 Å². The minimum absolute atomic E-state index is 0. The molecule has 2 aromatic rings. The predicted molar refractivity (Wildman–Crippen MR) is 96.4 cm³/mol. The van der Waals surface area contributed by atoms with Crippen molar-refractivity contribution in [2.24, 2.45) is 5.92 Å². The van der Waals surface area contributed by atoms with Crippen LogP contribution >= 0.6 is 24.8 Å². The molecule has 2 rings (SSSR count). The SMILES string of the molecule is CNCC(C)C(=O)Nc1ccn(CCc2ccncc2)n1.Cl.Cl. The number of carbonyl (C=O) groups is 1. The fraction of sp³-hybridized carbons (Fsp3) is 0.400. The van der Waals surface area contributed by atoms with E-state index in [-0.39, 0.29) is 36.6 Å². The number of nitrogens with zero attached hydrogens (tertiary/aromatic N) is 3. The number of rotatable bonds is 7. The maximum Gasteiger partial charge on any atom is 0.229 e. The van der Waals surface area contributed by atoms with Gasteiger partial charge in [0.2, 0.25) is 5.91 Å². The van der Waals surface area contributed by atoms with Crippen LogP contribution in [0.5, 0.6) is 0 Å². The van der Waals surface area contributed by atoms with Crippen molar-refractivity contribution < 1.29 is 4.79 Å². The molecule has 2 aromatic heterocycles. The number of aryl methyl sites for hydroxylation is 2. The molecule has 0 saturated heterocycles. The van der Waals surface area contributed by atoms with Crippen molar-refractivity contribution in [2.75, 3.05) is 18.9 Å². The molecule has 0 aliphatic carbocycles. The molecule has 1 atom stereocenters. The van der Waals surface area contributed by atoms with E-state index in [9.17, 15) is 4.79 Å². The lowest BCUT2D eigenvalue weighted by molar-refractivity contribution is -0.119. The molecule has 0 saturated carbocycles. The standard InChI is InChI=1S/C15H21N5O.2ClH/c1-12(11-16-2)15(21)18-14-6-10-20(19-14)9-5-13-3-7-17-8-4-13;;/h3-4,6-8,10,12,16H,5,9,11H2,1-2H3,(H,18,19,21);2*1H. The molecule has 2 heterocycles. The zero-order valence-corrected chi connectivity index (χ0v) is 14.9. The van der Waals surface area contributed by atoms with Crippen LogP contribution in [-0.2, 0) is 17.8 Å². The summed E-state index contributed by atoms with van der Waals surface area (Å²) in [5.41, 5.74) is 1.22. The number of anilines is 1. The van der Waals surface area contributed by atoms with Gasteiger partial charge in [-0.05, 0) is 31.2 Å². The third kappa shape index (κ3) is 6.99. The molecule has 0 bridgehead atoms. The summed E-state index contributed by atoms with van der Waals surface area (Å²) in [6, 6.07) is 5.80. The number of aromatic nitrogens is 3. The highest BCUT2D eigenvalue weighted by molar-refractivity contribution is 5.91. The first-order valence-corrected chi connectivity index (χ1v) is 7.07. The van der Waals surface area contributed by atoms with Gasteiger partial charge in [-0.1, -0.05) is 6.92 Å². The lowest BCUT2D eigenvalue weighted by atomic mass is 10.1. The first-order valence-electron chi connectivity index (χ1n) is 7.07. The number of hydrogen-bond donors (Lipinski definition) is 2. The molecule has 1 unspecified atom stereocenters. The average molecular weight is 360 g/mol. The second kappa shape index (κ2) is 11.0. The molecular formula is C15H23Cl2N5O. The summed E-state index contributed by atoms with van der Waals surface area (Å²) in [4.78, 5) is 15.9. The van der Waals surface area contributed by atoms with Crippen LogP contribution in [0.4, 0.5) is 5.82 Å². The number of hydrogen-bond acceptors (Lipinski definition) is 4. The largest absolute Gasteiger partial charge is 0.319 e. The van der Waals surface area contributed by atoms with E-state index in [1.807, 2.05) is 43.0 Å². The van der Waals surface area contributed by atoms with Gasteiger partial charge in [0, 0.05) is 43.7 Å². The van der Waals surface area contributed by atoms with Gasteiger partial charge in [-0.2, -0.15) is 5.10 Å². The molecule has 2 N–H and O–H groups in total. The van der Waals surface area contributed by atoms with Crippen LogP contribution in [0.25, 0.3) is 0 Å². The summed E-state index contributed by atoms with van der Waals surface area (Å²) in [6.45, 7) is 3.30. The zero-order valence-electron chi connectivity index (χ0n) is 13.2. The smallest absolute Gasteiger partial charge is 0.229 e. The summed E-state index contributed by atoms with van der Waals surface area (Å²) >= 11 is 0. The van der Waals surface area contributed by atoms with Crippen molar-refractivity contribution in [3.63, 3.8) is 0 Å². The number of pyridine rings is 1. The van der Waals surface area contributed by atoms with Gasteiger partial charge in [-0.3, -0.25) is 14.5 Å². The Bertz CT molecular complexity index is 576. The van der Waals surface area contributed by atoms with E-state index in [2.05, 4.69) is 20.7 Å². The molecule has 0 radical (unpaired) electrons. The molecule has 23 heavy (non-hydrogen) atoms. The van der Waals surface area contributed by atoms with Gasteiger partial charge in [0.25, 0.3) is 0 Å². The second-order valence-corrected chi connectivity index (χ2v) is 5.02. The lowest BCUT2D eigenvalue weighted by Gasteiger charge is -2.09. The Balaban J connectivity index is 0.00000242. The molecule has 0 aromatic carbocycles. The van der Waals surface area contributed by atoms with Crippen molar-refractivity contribution in [3.05, 3.63) is 42.4 Å². The highest BCUT2D eigenvalue weighted by Gasteiger charge is 2.12. The van der Waals surface area contributed by atoms with Crippen molar-refractivity contribution in [2.45, 2.75) is 19.9 Å². The molecule has 0 aliphatic heterocycles. The number of nitrogens with one attached hydrogen (secondary N) is 2. The van der Waals surface area contributed by atoms with E-state index in [1.54, 1.807) is 12.4 Å². The molecule has 6 nitrogen and oxygen atoms in total. The molecule has 8 heteroatoms. The second-order valence-electron chi connectivity index (χ2n) is 5.02. The van der Waals surface area contributed by atoms with Crippen molar-refractivity contribution in [1.29, 1.82) is 0 Å². The first kappa shape index (κ1) is 21.4. The monoisotopic (exact) mass is 359 g/mol. The van der Waals surface area contributed by atoms with Crippen LogP contribution in [0.2, 0.25) is 0 Å². The van der Waals surface area contributed by atoms with Crippen LogP contribution in [-0.4, -0.2) is 34.3 Å². The van der Waals surface area contributed by atoms with E-state index < -0.39 is 0 Å². The van der Waals surface area contributed by atoms with Gasteiger partial charge >= 0.3 is 0 Å². The topological polar surface area (TPSA) is 71.8 Å². The maximum atomic E-state index is 11.9. The third-order valence-electron chi connectivity index (χ3n) is 3.23. The van der Waals surface area contributed by atoms with Gasteiger partial charge < -0.3 is 10.6 Å². The molecule has 1 amide bonds. The van der Waals surface area contributed by atoms with E-state index in [4.69, 9.17) is 0 Å². The van der Waals surface area contributed by atoms with E-state index in [0.717, 1.165) is 13.0 Å². The Kier molecular flexibility index (Phi) is 10.2. The summed E-state index contributed by atoms with van der Waals surface area (Å²) < 4.78 is 1.83. The number of amides is 1. The van der Waals surface area contributed by atoms with Crippen LogP contribution in [0.15, 0.2) is 36.8 Å². The van der Waals surface area contributed by atoms with Crippen LogP contribution < -0.4 is 10.6 Å². The molecular weight excluding hydrogens is 337 g/mol. The maximum absolute atomic E-state index is 11.9. The van der Waals surface area contributed by atoms with Gasteiger partial charge in [0.15, 0.2) is 5.82 Å². The Labute approximate surface area is 148 Å². The van der Waals surface area contributed by atoms with E-state index >= 15 is 0 Å². The molecule has 0 fully saturated rings. The molecule has 0 spiro atoms. The zero-order chi connectivity index (χ0) is 15.1. The minimum Gasteiger partial charge on any atom is -0.319 e. The summed E-state index contributed by atoms with van der Waals surface area (Å²) in [7, 11) is 1.83. The van der Waals surface area contributed by atoms with E-state index in [0.29, 0.717) is 12.4 Å². The van der Waals surface area contributed by atoms with Gasteiger partial charge in [0.1, 0.15) is 0 Å². The Hall–Kier alpha value is -1.63. The van der Waals surface area contributed by atoms with Crippen LogP contribution in [0, 0.1) is 5.92 Å². The fourth-order valence-corrected chi connectivity index (χ4v) is 1.99. The van der Waals surface area contributed by atoms with E-state index in [1.165, 1.54) is 5.56 Å². The van der Waals surface area contributed by atoms with Gasteiger partial charge in [-0.25, -0.2) is 0 Å². The van der Waals surface area contributed by atoms with Crippen molar-refractivity contribution >= 4 is 36.5 Å². The Morgan fingerprint density at radius 2 is 1.96 bits per heavy atom. The number of halogens is 2. The van der Waals surface area contributed by atoms with Crippen molar-refractivity contribution in [1.82, 2.24) is 20.1 Å².